The average Bonchev–Trinajstić information content (AvgIpc) is 3.15. The topological polar surface area (TPSA) is 133 Å². The van der Waals surface area contributed by atoms with Crippen LogP contribution in [0, 0.1) is 17.8 Å². The SMILES string of the molecule is CC(NC(=O)NC1C2CCC(C2)C1C(=O)O)c1nn[nH]n1. The summed E-state index contributed by atoms with van der Waals surface area (Å²) in [6.45, 7) is 1.74. The molecule has 21 heavy (non-hydrogen) atoms. The lowest BCUT2D eigenvalue weighted by Gasteiger charge is -2.29. The summed E-state index contributed by atoms with van der Waals surface area (Å²) in [5.74, 6) is -0.462. The van der Waals surface area contributed by atoms with Gasteiger partial charge in [-0.2, -0.15) is 5.21 Å². The highest BCUT2D eigenvalue weighted by atomic mass is 16.4. The van der Waals surface area contributed by atoms with Crippen molar-refractivity contribution < 1.29 is 14.7 Å². The van der Waals surface area contributed by atoms with E-state index in [1.165, 1.54) is 0 Å². The highest BCUT2D eigenvalue weighted by Crippen LogP contribution is 2.48. The summed E-state index contributed by atoms with van der Waals surface area (Å²) in [5, 5.41) is 28.2. The quantitative estimate of drug-likeness (QED) is 0.620. The Hall–Kier alpha value is -2.19. The van der Waals surface area contributed by atoms with Gasteiger partial charge in [0.25, 0.3) is 0 Å². The predicted octanol–water partition coefficient (Wildman–Crippen LogP) is 0.0592. The predicted molar refractivity (Wildman–Crippen MR) is 70.0 cm³/mol. The Morgan fingerprint density at radius 1 is 1.38 bits per heavy atom. The summed E-state index contributed by atoms with van der Waals surface area (Å²) >= 11 is 0. The minimum Gasteiger partial charge on any atom is -0.481 e. The van der Waals surface area contributed by atoms with E-state index in [4.69, 9.17) is 0 Å². The van der Waals surface area contributed by atoms with Gasteiger partial charge in [-0.1, -0.05) is 5.21 Å². The third-order valence-electron chi connectivity index (χ3n) is 4.60. The zero-order chi connectivity index (χ0) is 15.0. The van der Waals surface area contributed by atoms with E-state index >= 15 is 0 Å². The number of carbonyl (C=O) groups excluding carboxylic acids is 1. The van der Waals surface area contributed by atoms with Crippen molar-refractivity contribution in [3.05, 3.63) is 5.82 Å². The molecule has 1 heterocycles. The number of urea groups is 1. The number of aliphatic carboxylic acids is 1. The molecule has 3 rings (SSSR count). The Bertz CT molecular complexity index is 533. The van der Waals surface area contributed by atoms with E-state index in [0.29, 0.717) is 5.82 Å². The lowest BCUT2D eigenvalue weighted by atomic mass is 9.84. The molecule has 114 valence electrons. The molecule has 2 bridgehead atoms. The Morgan fingerprint density at radius 2 is 2.14 bits per heavy atom. The summed E-state index contributed by atoms with van der Waals surface area (Å²) in [6.07, 6.45) is 2.82. The first-order chi connectivity index (χ1) is 10.1. The van der Waals surface area contributed by atoms with Crippen molar-refractivity contribution >= 4 is 12.0 Å². The molecule has 5 atom stereocenters. The van der Waals surface area contributed by atoms with Crippen LogP contribution in [0.25, 0.3) is 0 Å². The fraction of sp³-hybridized carbons (Fsp3) is 0.750. The van der Waals surface area contributed by atoms with Crippen molar-refractivity contribution in [2.45, 2.75) is 38.3 Å². The minimum atomic E-state index is -0.821. The maximum absolute atomic E-state index is 12.0. The molecule has 2 aliphatic carbocycles. The van der Waals surface area contributed by atoms with Gasteiger partial charge in [-0.25, -0.2) is 4.79 Å². The zero-order valence-corrected chi connectivity index (χ0v) is 11.6. The number of tetrazole rings is 1. The highest BCUT2D eigenvalue weighted by molar-refractivity contribution is 5.77. The number of amides is 2. The van der Waals surface area contributed by atoms with Crippen molar-refractivity contribution in [3.8, 4) is 0 Å². The molecular weight excluding hydrogens is 276 g/mol. The van der Waals surface area contributed by atoms with Crippen molar-refractivity contribution in [2.24, 2.45) is 17.8 Å². The summed E-state index contributed by atoms with van der Waals surface area (Å²) in [6, 6.07) is -1.08. The molecule has 0 aliphatic heterocycles. The first-order valence-corrected chi connectivity index (χ1v) is 7.09. The van der Waals surface area contributed by atoms with Crippen LogP contribution < -0.4 is 10.6 Å². The number of nitrogens with one attached hydrogen (secondary N) is 3. The number of nitrogens with zero attached hydrogens (tertiary/aromatic N) is 3. The van der Waals surface area contributed by atoms with Crippen LogP contribution >= 0.6 is 0 Å². The van der Waals surface area contributed by atoms with Crippen LogP contribution in [-0.2, 0) is 4.79 Å². The van der Waals surface area contributed by atoms with E-state index in [1.807, 2.05) is 0 Å². The Morgan fingerprint density at radius 3 is 2.81 bits per heavy atom. The van der Waals surface area contributed by atoms with Gasteiger partial charge in [0.2, 0.25) is 0 Å². The van der Waals surface area contributed by atoms with Crippen LogP contribution in [0.3, 0.4) is 0 Å². The van der Waals surface area contributed by atoms with Crippen LogP contribution in [0.2, 0.25) is 0 Å². The smallest absolute Gasteiger partial charge is 0.315 e. The number of aromatic amines is 1. The highest BCUT2D eigenvalue weighted by Gasteiger charge is 2.51. The Kier molecular flexibility index (Phi) is 3.48. The van der Waals surface area contributed by atoms with Gasteiger partial charge in [-0.3, -0.25) is 4.79 Å². The van der Waals surface area contributed by atoms with Crippen molar-refractivity contribution in [1.29, 1.82) is 0 Å². The maximum Gasteiger partial charge on any atom is 0.315 e. The molecule has 0 saturated heterocycles. The molecule has 2 fully saturated rings. The van der Waals surface area contributed by atoms with Crippen LogP contribution in [0.15, 0.2) is 0 Å². The summed E-state index contributed by atoms with van der Waals surface area (Å²) in [7, 11) is 0. The maximum atomic E-state index is 12.0. The fourth-order valence-electron chi connectivity index (χ4n) is 3.66. The van der Waals surface area contributed by atoms with E-state index < -0.39 is 24.0 Å². The van der Waals surface area contributed by atoms with Crippen LogP contribution in [0.4, 0.5) is 4.79 Å². The summed E-state index contributed by atoms with van der Waals surface area (Å²) in [5.41, 5.74) is 0. The van der Waals surface area contributed by atoms with Gasteiger partial charge in [-0.15, -0.1) is 10.2 Å². The molecule has 4 N–H and O–H groups in total. The second kappa shape index (κ2) is 5.30. The normalized spacial score (nSPS) is 31.9. The van der Waals surface area contributed by atoms with E-state index in [1.54, 1.807) is 6.92 Å². The van der Waals surface area contributed by atoms with Gasteiger partial charge in [0.15, 0.2) is 5.82 Å². The average molecular weight is 294 g/mol. The minimum absolute atomic E-state index is 0.187. The van der Waals surface area contributed by atoms with Gasteiger partial charge in [-0.05, 0) is 38.0 Å². The number of carboxylic acid groups (broad SMARTS) is 1. The van der Waals surface area contributed by atoms with Gasteiger partial charge >= 0.3 is 12.0 Å². The zero-order valence-electron chi connectivity index (χ0n) is 11.6. The van der Waals surface area contributed by atoms with E-state index in [0.717, 1.165) is 19.3 Å². The number of aromatic nitrogens is 4. The largest absolute Gasteiger partial charge is 0.481 e. The summed E-state index contributed by atoms with van der Waals surface area (Å²) < 4.78 is 0. The van der Waals surface area contributed by atoms with Gasteiger partial charge in [0.05, 0.1) is 12.0 Å². The molecule has 2 aliphatic rings. The number of fused-ring (bicyclic) bond motifs is 2. The third kappa shape index (κ3) is 2.55. The second-order valence-corrected chi connectivity index (χ2v) is 5.83. The van der Waals surface area contributed by atoms with Gasteiger partial charge < -0.3 is 15.7 Å². The number of H-pyrrole nitrogens is 1. The number of carbonyl (C=O) groups is 2. The molecule has 5 unspecified atom stereocenters. The monoisotopic (exact) mass is 294 g/mol. The molecule has 0 aromatic carbocycles. The number of carboxylic acids is 1. The molecule has 0 radical (unpaired) electrons. The second-order valence-electron chi connectivity index (χ2n) is 5.83. The summed E-state index contributed by atoms with van der Waals surface area (Å²) in [4.78, 5) is 23.4. The number of rotatable bonds is 4. The van der Waals surface area contributed by atoms with Crippen molar-refractivity contribution in [1.82, 2.24) is 31.3 Å². The molecule has 2 amide bonds. The van der Waals surface area contributed by atoms with E-state index in [-0.39, 0.29) is 17.9 Å². The van der Waals surface area contributed by atoms with Crippen molar-refractivity contribution in [2.75, 3.05) is 0 Å². The van der Waals surface area contributed by atoms with Crippen molar-refractivity contribution in [3.63, 3.8) is 0 Å². The van der Waals surface area contributed by atoms with E-state index in [2.05, 4.69) is 31.3 Å². The molecule has 1 aromatic rings. The lowest BCUT2D eigenvalue weighted by molar-refractivity contribution is -0.144. The molecule has 1 aromatic heterocycles. The van der Waals surface area contributed by atoms with Gasteiger partial charge in [0, 0.05) is 6.04 Å². The molecule has 2 saturated carbocycles. The third-order valence-corrected chi connectivity index (χ3v) is 4.60. The first kappa shape index (κ1) is 13.8. The lowest BCUT2D eigenvalue weighted by Crippen LogP contribution is -2.50. The van der Waals surface area contributed by atoms with Gasteiger partial charge in [0.1, 0.15) is 0 Å². The van der Waals surface area contributed by atoms with Crippen LogP contribution in [-0.4, -0.2) is 43.8 Å². The van der Waals surface area contributed by atoms with Crippen LogP contribution in [0.1, 0.15) is 38.1 Å². The molecular formula is C12H18N6O3. The Labute approximate surface area is 120 Å². The number of hydrogen-bond donors (Lipinski definition) is 4. The first-order valence-electron chi connectivity index (χ1n) is 7.09. The fourth-order valence-corrected chi connectivity index (χ4v) is 3.66. The Balaban J connectivity index is 1.60. The molecule has 9 heteroatoms. The van der Waals surface area contributed by atoms with E-state index in [9.17, 15) is 14.7 Å². The van der Waals surface area contributed by atoms with Crippen LogP contribution in [0.5, 0.6) is 0 Å². The number of hydrogen-bond acceptors (Lipinski definition) is 5. The molecule has 0 spiro atoms. The molecule has 9 nitrogen and oxygen atoms in total. The standard InChI is InChI=1S/C12H18N6O3/c1-5(10-15-17-18-16-10)13-12(21)14-9-7-3-2-6(4-7)8(9)11(19)20/h5-9H,2-4H2,1H3,(H,19,20)(H2,13,14,21)(H,15,16,17,18).